The third-order valence-electron chi connectivity index (χ3n) is 8.35. The van der Waals surface area contributed by atoms with Crippen LogP contribution in [0.3, 0.4) is 0 Å². The van der Waals surface area contributed by atoms with Crippen molar-refractivity contribution in [2.75, 3.05) is 0 Å². The quantitative estimate of drug-likeness (QED) is 0.125. The van der Waals surface area contributed by atoms with Gasteiger partial charge in [-0.15, -0.1) is 6.42 Å². The van der Waals surface area contributed by atoms with Gasteiger partial charge in [-0.05, 0) is 68.6 Å². The lowest BCUT2D eigenvalue weighted by molar-refractivity contribution is 1.27. The fraction of sp³-hybridized carbons (Fsp3) is 0.0250. The second kappa shape index (κ2) is 9.77. The normalized spacial score (nSPS) is 12.4. The van der Waals surface area contributed by atoms with E-state index in [-0.39, 0.29) is 0 Å². The maximum Gasteiger partial charge on any atom is 0.0871 e. The van der Waals surface area contributed by atoms with Crippen LogP contribution in [-0.2, 0) is 6.42 Å². The Morgan fingerprint density at radius 1 is 0.643 bits per heavy atom. The summed E-state index contributed by atoms with van der Waals surface area (Å²) in [7, 11) is 0. The highest BCUT2D eigenvalue weighted by atomic mass is 14.9. The number of fused-ring (bicyclic) bond motifs is 11. The van der Waals surface area contributed by atoms with Gasteiger partial charge < -0.3 is 4.40 Å². The maximum atomic E-state index is 6.13. The Morgan fingerprint density at radius 3 is 1.95 bits per heavy atom. The van der Waals surface area contributed by atoms with E-state index in [1.54, 1.807) is 0 Å². The summed E-state index contributed by atoms with van der Waals surface area (Å²) in [6, 6.07) is 40.9. The fourth-order valence-electron chi connectivity index (χ4n) is 6.47. The third-order valence-corrected chi connectivity index (χ3v) is 8.35. The summed E-state index contributed by atoms with van der Waals surface area (Å²) >= 11 is 0. The highest BCUT2D eigenvalue weighted by molar-refractivity contribution is 6.25. The van der Waals surface area contributed by atoms with Crippen molar-refractivity contribution in [2.45, 2.75) is 6.42 Å². The van der Waals surface area contributed by atoms with Crippen LogP contribution in [0.4, 0.5) is 0 Å². The molecule has 0 saturated carbocycles. The number of para-hydroxylation sites is 3. The van der Waals surface area contributed by atoms with Crippen LogP contribution in [-0.4, -0.2) is 9.38 Å². The van der Waals surface area contributed by atoms with Crippen LogP contribution in [0.2, 0.25) is 0 Å². The molecule has 8 aromatic rings. The van der Waals surface area contributed by atoms with Gasteiger partial charge >= 0.3 is 0 Å². The molecule has 0 atom stereocenters. The third kappa shape index (κ3) is 3.72. The van der Waals surface area contributed by atoms with Crippen molar-refractivity contribution in [1.29, 1.82) is 0 Å². The van der Waals surface area contributed by atoms with Crippen LogP contribution in [0.1, 0.15) is 11.1 Å². The molecule has 8 rings (SSSR count). The molecule has 2 aromatic heterocycles. The second-order valence-corrected chi connectivity index (χ2v) is 10.7. The standard InChI is InChI=1S/C40H26N2/c1-2-28(40-34-19-9-11-21-37(34)42-38-22-12-10-20-36(38)41-26-39(40)42)14-4-3-13-27-23-24-33-31-17-6-5-15-29(31)30-16-7-8-18-32(30)35(33)25-27/h1,3-12,14-26H,13H2/b4-3-,28-14+. The molecule has 0 aliphatic rings. The number of hydrogen-bond donors (Lipinski definition) is 0. The molecule has 6 aromatic carbocycles. The first-order valence-corrected chi connectivity index (χ1v) is 14.2. The zero-order valence-electron chi connectivity index (χ0n) is 23.0. The van der Waals surface area contributed by atoms with Crippen molar-refractivity contribution in [2.24, 2.45) is 0 Å². The average Bonchev–Trinajstić information content (AvgIpc) is 3.40. The van der Waals surface area contributed by atoms with Crippen molar-refractivity contribution in [3.05, 3.63) is 151 Å². The Morgan fingerprint density at radius 2 is 1.24 bits per heavy atom. The molecule has 0 fully saturated rings. The van der Waals surface area contributed by atoms with Gasteiger partial charge in [-0.3, -0.25) is 4.98 Å². The SMILES string of the molecule is C#C/C(=C\C=C/Cc1ccc2c3ccccc3c3ccccc3c2c1)c1c2ccccc2n2c1cnc1ccccc12. The zero-order chi connectivity index (χ0) is 28.0. The molecular weight excluding hydrogens is 508 g/mol. The van der Waals surface area contributed by atoms with Gasteiger partial charge in [0.15, 0.2) is 0 Å². The Balaban J connectivity index is 1.19. The summed E-state index contributed by atoms with van der Waals surface area (Å²) in [5.41, 5.74) is 7.33. The molecule has 2 heteroatoms. The van der Waals surface area contributed by atoms with E-state index in [4.69, 9.17) is 11.4 Å². The zero-order valence-corrected chi connectivity index (χ0v) is 23.0. The van der Waals surface area contributed by atoms with Gasteiger partial charge in [-0.25, -0.2) is 0 Å². The number of aromatic nitrogens is 2. The van der Waals surface area contributed by atoms with E-state index in [1.165, 1.54) is 37.9 Å². The van der Waals surface area contributed by atoms with Crippen LogP contribution >= 0.6 is 0 Å². The minimum Gasteiger partial charge on any atom is -0.305 e. The summed E-state index contributed by atoms with van der Waals surface area (Å²) in [4.78, 5) is 4.75. The van der Waals surface area contributed by atoms with E-state index >= 15 is 0 Å². The summed E-state index contributed by atoms with van der Waals surface area (Å²) in [6.07, 6.45) is 15.2. The predicted molar refractivity (Wildman–Crippen MR) is 179 cm³/mol. The summed E-state index contributed by atoms with van der Waals surface area (Å²) in [5.74, 6) is 2.97. The lowest BCUT2D eigenvalue weighted by atomic mass is 9.93. The first kappa shape index (κ1) is 24.2. The number of benzene rings is 6. The number of terminal acetylenes is 1. The first-order chi connectivity index (χ1) is 20.8. The summed E-state index contributed by atoms with van der Waals surface area (Å²) in [5, 5.41) is 8.89. The summed E-state index contributed by atoms with van der Waals surface area (Å²) in [6.45, 7) is 0. The maximum absolute atomic E-state index is 6.13. The second-order valence-electron chi connectivity index (χ2n) is 10.7. The highest BCUT2D eigenvalue weighted by Crippen LogP contribution is 2.36. The van der Waals surface area contributed by atoms with Crippen LogP contribution in [0, 0.1) is 12.3 Å². The molecule has 0 aliphatic heterocycles. The fourth-order valence-corrected chi connectivity index (χ4v) is 6.47. The number of allylic oxidation sites excluding steroid dienone is 4. The Kier molecular flexibility index (Phi) is 5.62. The molecule has 196 valence electrons. The Bertz CT molecular complexity index is 2410. The lowest BCUT2D eigenvalue weighted by Crippen LogP contribution is -1.91. The average molecular weight is 535 g/mol. The summed E-state index contributed by atoms with van der Waals surface area (Å²) < 4.78 is 2.27. The van der Waals surface area contributed by atoms with Gasteiger partial charge in [0, 0.05) is 16.5 Å². The lowest BCUT2D eigenvalue weighted by Gasteiger charge is -2.11. The van der Waals surface area contributed by atoms with Crippen molar-refractivity contribution in [3.63, 3.8) is 0 Å². The van der Waals surface area contributed by atoms with Crippen LogP contribution in [0.5, 0.6) is 0 Å². The molecule has 2 heterocycles. The van der Waals surface area contributed by atoms with E-state index in [9.17, 15) is 0 Å². The van der Waals surface area contributed by atoms with Crippen molar-refractivity contribution >= 4 is 65.3 Å². The van der Waals surface area contributed by atoms with E-state index in [1.807, 2.05) is 18.3 Å². The molecule has 0 saturated heterocycles. The smallest absolute Gasteiger partial charge is 0.0871 e. The predicted octanol–water partition coefficient (Wildman–Crippen LogP) is 9.92. The Hall–Kier alpha value is -5.65. The van der Waals surface area contributed by atoms with Crippen molar-refractivity contribution < 1.29 is 0 Å². The topological polar surface area (TPSA) is 17.3 Å². The van der Waals surface area contributed by atoms with Crippen LogP contribution < -0.4 is 0 Å². The molecule has 0 N–H and O–H groups in total. The molecule has 0 amide bonds. The van der Waals surface area contributed by atoms with Crippen LogP contribution in [0.25, 0.3) is 65.3 Å². The van der Waals surface area contributed by atoms with E-state index in [0.29, 0.717) is 0 Å². The molecule has 0 bridgehead atoms. The molecule has 0 aliphatic carbocycles. The number of nitrogens with zero attached hydrogens (tertiary/aromatic N) is 2. The number of rotatable bonds is 4. The van der Waals surface area contributed by atoms with Gasteiger partial charge in [0.25, 0.3) is 0 Å². The molecule has 0 spiro atoms. The molecule has 0 unspecified atom stereocenters. The number of hydrogen-bond acceptors (Lipinski definition) is 1. The highest BCUT2D eigenvalue weighted by Gasteiger charge is 2.16. The molecule has 42 heavy (non-hydrogen) atoms. The van der Waals surface area contributed by atoms with Gasteiger partial charge in [-0.2, -0.15) is 0 Å². The van der Waals surface area contributed by atoms with E-state index in [0.717, 1.165) is 45.0 Å². The van der Waals surface area contributed by atoms with Gasteiger partial charge in [0.05, 0.1) is 28.3 Å². The molecule has 0 radical (unpaired) electrons. The monoisotopic (exact) mass is 534 g/mol. The van der Waals surface area contributed by atoms with Gasteiger partial charge in [-0.1, -0.05) is 115 Å². The van der Waals surface area contributed by atoms with Crippen molar-refractivity contribution in [3.8, 4) is 12.3 Å². The molecule has 2 nitrogen and oxygen atoms in total. The van der Waals surface area contributed by atoms with Gasteiger partial charge in [0.1, 0.15) is 0 Å². The molecular formula is C40H26N2. The largest absolute Gasteiger partial charge is 0.305 e. The van der Waals surface area contributed by atoms with E-state index in [2.05, 4.69) is 132 Å². The van der Waals surface area contributed by atoms with Crippen molar-refractivity contribution in [1.82, 2.24) is 9.38 Å². The minimum atomic E-state index is 0.814. The van der Waals surface area contributed by atoms with Gasteiger partial charge in [0.2, 0.25) is 0 Å². The Labute approximate surface area is 243 Å². The van der Waals surface area contributed by atoms with Crippen LogP contribution in [0.15, 0.2) is 140 Å². The minimum absolute atomic E-state index is 0.814. The van der Waals surface area contributed by atoms with E-state index < -0.39 is 0 Å². The first-order valence-electron chi connectivity index (χ1n) is 14.2.